The topological polar surface area (TPSA) is 56.1 Å². The van der Waals surface area contributed by atoms with Crippen LogP contribution in [0.25, 0.3) is 21.5 Å². The molecule has 216 valence electrons. The van der Waals surface area contributed by atoms with Crippen LogP contribution in [-0.2, 0) is 0 Å². The number of anilines is 5. The molecule has 0 aliphatic rings. The van der Waals surface area contributed by atoms with Crippen molar-refractivity contribution in [2.75, 3.05) is 29.2 Å². The Morgan fingerprint density at radius 1 is 0.767 bits per heavy atom. The monoisotopic (exact) mass is 584 g/mol. The van der Waals surface area contributed by atoms with Crippen molar-refractivity contribution < 1.29 is 0 Å². The first-order chi connectivity index (χ1) is 20.9. The highest BCUT2D eigenvalue weighted by Gasteiger charge is 2.17. The number of hydrogen-bond donors (Lipinski definition) is 1. The molecule has 0 radical (unpaired) electrons. The van der Waals surface area contributed by atoms with E-state index in [4.69, 9.17) is 0 Å². The largest absolute Gasteiger partial charge is 0.382 e. The van der Waals surface area contributed by atoms with Gasteiger partial charge in [-0.2, -0.15) is 0 Å². The van der Waals surface area contributed by atoms with Gasteiger partial charge in [-0.3, -0.25) is 0 Å². The molecule has 6 aromatic rings. The van der Waals surface area contributed by atoms with Gasteiger partial charge in [0, 0.05) is 81.7 Å². The minimum Gasteiger partial charge on any atom is -0.382 e. The Morgan fingerprint density at radius 3 is 1.98 bits per heavy atom. The highest BCUT2D eigenvalue weighted by Crippen LogP contribution is 2.41. The Morgan fingerprint density at radius 2 is 1.37 bits per heavy atom. The van der Waals surface area contributed by atoms with Gasteiger partial charge in [-0.25, -0.2) is 4.98 Å². The van der Waals surface area contributed by atoms with Crippen LogP contribution in [0.2, 0.25) is 0 Å². The zero-order chi connectivity index (χ0) is 29.9. The van der Waals surface area contributed by atoms with Crippen molar-refractivity contribution in [3.63, 3.8) is 0 Å². The SMILES string of the molecule is CCC(C)Nc1ccc(N(C)c2ccc(N(C)c3ccc(/N=N/c4nccs4)c(C)c3)c3ccccc23)c2ccccc12. The first-order valence-electron chi connectivity index (χ1n) is 14.6. The number of nitrogens with zero attached hydrogens (tertiary/aromatic N) is 5. The smallest absolute Gasteiger partial charge is 0.229 e. The molecule has 6 rings (SSSR count). The molecule has 43 heavy (non-hydrogen) atoms. The van der Waals surface area contributed by atoms with Crippen molar-refractivity contribution >= 4 is 72.1 Å². The first kappa shape index (κ1) is 28.4. The lowest BCUT2D eigenvalue weighted by Crippen LogP contribution is -2.15. The number of nitrogens with one attached hydrogen (secondary N) is 1. The van der Waals surface area contributed by atoms with Crippen molar-refractivity contribution in [2.45, 2.75) is 33.2 Å². The Hall–Kier alpha value is -4.75. The maximum atomic E-state index is 4.42. The van der Waals surface area contributed by atoms with Gasteiger partial charge in [0.05, 0.1) is 5.69 Å². The van der Waals surface area contributed by atoms with Crippen molar-refractivity contribution in [1.82, 2.24) is 4.98 Å². The molecule has 0 aliphatic carbocycles. The van der Waals surface area contributed by atoms with Crippen molar-refractivity contribution in [3.8, 4) is 0 Å². The number of rotatable bonds is 9. The van der Waals surface area contributed by atoms with Gasteiger partial charge in [-0.1, -0.05) is 55.5 Å². The number of thiazole rings is 1. The number of aromatic nitrogens is 1. The van der Waals surface area contributed by atoms with E-state index in [2.05, 4.69) is 150 Å². The Bertz CT molecular complexity index is 1910. The van der Waals surface area contributed by atoms with E-state index in [0.717, 1.165) is 34.7 Å². The summed E-state index contributed by atoms with van der Waals surface area (Å²) in [5, 5.41) is 19.8. The summed E-state index contributed by atoms with van der Waals surface area (Å²) in [5.74, 6) is 0. The molecule has 7 heteroatoms. The summed E-state index contributed by atoms with van der Waals surface area (Å²) >= 11 is 1.47. The third-order valence-electron chi connectivity index (χ3n) is 8.11. The van der Waals surface area contributed by atoms with Crippen molar-refractivity contribution in [3.05, 3.63) is 108 Å². The minimum absolute atomic E-state index is 0.411. The summed E-state index contributed by atoms with van der Waals surface area (Å²) in [6.45, 7) is 6.50. The van der Waals surface area contributed by atoms with E-state index in [1.807, 2.05) is 11.4 Å². The lowest BCUT2D eigenvalue weighted by Gasteiger charge is -2.27. The van der Waals surface area contributed by atoms with Crippen LogP contribution < -0.4 is 15.1 Å². The van der Waals surface area contributed by atoms with Gasteiger partial charge in [0.2, 0.25) is 5.13 Å². The Kier molecular flexibility index (Phi) is 8.07. The normalized spacial score (nSPS) is 12.2. The van der Waals surface area contributed by atoms with Gasteiger partial charge in [0.15, 0.2) is 0 Å². The second-order valence-electron chi connectivity index (χ2n) is 10.9. The number of aryl methyl sites for hydroxylation is 1. The van der Waals surface area contributed by atoms with E-state index in [1.54, 1.807) is 6.20 Å². The van der Waals surface area contributed by atoms with E-state index in [0.29, 0.717) is 11.2 Å². The average Bonchev–Trinajstić information content (AvgIpc) is 3.57. The Labute approximate surface area is 257 Å². The number of hydrogen-bond acceptors (Lipinski definition) is 7. The van der Waals surface area contributed by atoms with E-state index < -0.39 is 0 Å². The first-order valence-corrected chi connectivity index (χ1v) is 15.5. The molecular weight excluding hydrogens is 549 g/mol. The summed E-state index contributed by atoms with van der Waals surface area (Å²) in [7, 11) is 4.28. The number of benzene rings is 5. The van der Waals surface area contributed by atoms with Crippen molar-refractivity contribution in [2.24, 2.45) is 10.2 Å². The fraction of sp³-hybridized carbons (Fsp3) is 0.194. The average molecular weight is 585 g/mol. The quantitative estimate of drug-likeness (QED) is 0.172. The second-order valence-corrected chi connectivity index (χ2v) is 11.8. The molecule has 1 aromatic heterocycles. The van der Waals surface area contributed by atoms with E-state index in [-0.39, 0.29) is 0 Å². The molecule has 1 heterocycles. The fourth-order valence-corrected chi connectivity index (χ4v) is 5.97. The molecule has 6 nitrogen and oxygen atoms in total. The standard InChI is InChI=1S/C36H36N6S/c1-6-25(3)38-32-17-18-34(28-12-8-7-11-27(28)32)42(5)35-20-19-33(29-13-9-10-14-30(29)35)41(4)26-15-16-31(24(2)23-26)39-40-36-37-21-22-43-36/h7-23,25,38H,6H2,1-5H3/b40-39+. The predicted octanol–water partition coefficient (Wildman–Crippen LogP) is 10.9. The molecule has 1 unspecified atom stereocenters. The number of fused-ring (bicyclic) bond motifs is 2. The summed E-state index contributed by atoms with van der Waals surface area (Å²) in [6.07, 6.45) is 2.81. The van der Waals surface area contributed by atoms with Crippen LogP contribution in [0.1, 0.15) is 25.8 Å². The van der Waals surface area contributed by atoms with Crippen molar-refractivity contribution in [1.29, 1.82) is 0 Å². The number of azo groups is 1. The second kappa shape index (κ2) is 12.2. The van der Waals surface area contributed by atoms with E-state index in [9.17, 15) is 0 Å². The van der Waals surface area contributed by atoms with E-state index in [1.165, 1.54) is 44.3 Å². The third-order valence-corrected chi connectivity index (χ3v) is 8.76. The molecule has 1 N–H and O–H groups in total. The van der Waals surface area contributed by atoms with Gasteiger partial charge in [-0.15, -0.1) is 21.6 Å². The van der Waals surface area contributed by atoms with Gasteiger partial charge in [-0.05, 0) is 68.3 Å². The molecular formula is C36H36N6S. The van der Waals surface area contributed by atoms with E-state index >= 15 is 0 Å². The molecule has 0 aliphatic heterocycles. The van der Waals surface area contributed by atoms with Gasteiger partial charge < -0.3 is 15.1 Å². The van der Waals surface area contributed by atoms with Crippen LogP contribution in [0, 0.1) is 6.92 Å². The molecule has 0 spiro atoms. The lowest BCUT2D eigenvalue weighted by molar-refractivity contribution is 0.765. The minimum atomic E-state index is 0.411. The molecule has 0 bridgehead atoms. The molecule has 1 atom stereocenters. The lowest BCUT2D eigenvalue weighted by atomic mass is 10.0. The highest BCUT2D eigenvalue weighted by atomic mass is 32.1. The van der Waals surface area contributed by atoms with Crippen LogP contribution >= 0.6 is 11.3 Å². The van der Waals surface area contributed by atoms with Gasteiger partial charge in [0.1, 0.15) is 0 Å². The van der Waals surface area contributed by atoms with Crippen LogP contribution in [0.3, 0.4) is 0 Å². The summed E-state index contributed by atoms with van der Waals surface area (Å²) in [6, 6.07) is 32.9. The molecule has 0 amide bonds. The zero-order valence-electron chi connectivity index (χ0n) is 25.2. The predicted molar refractivity (Wildman–Crippen MR) is 185 cm³/mol. The van der Waals surface area contributed by atoms with Crippen LogP contribution in [-0.4, -0.2) is 25.1 Å². The molecule has 0 saturated carbocycles. The van der Waals surface area contributed by atoms with Crippen LogP contribution in [0.15, 0.2) is 113 Å². The van der Waals surface area contributed by atoms with Crippen LogP contribution in [0.5, 0.6) is 0 Å². The van der Waals surface area contributed by atoms with Crippen LogP contribution in [0.4, 0.5) is 39.3 Å². The fourth-order valence-electron chi connectivity index (χ4n) is 5.51. The summed E-state index contributed by atoms with van der Waals surface area (Å²) < 4.78 is 0. The molecule has 5 aromatic carbocycles. The maximum Gasteiger partial charge on any atom is 0.229 e. The summed E-state index contributed by atoms with van der Waals surface area (Å²) in [4.78, 5) is 8.74. The Balaban J connectivity index is 1.35. The third kappa shape index (κ3) is 5.68. The molecule has 0 saturated heterocycles. The molecule has 0 fully saturated rings. The zero-order valence-corrected chi connectivity index (χ0v) is 26.1. The summed E-state index contributed by atoms with van der Waals surface area (Å²) in [5.41, 5.74) is 7.64. The van der Waals surface area contributed by atoms with Gasteiger partial charge >= 0.3 is 0 Å². The van der Waals surface area contributed by atoms with Gasteiger partial charge in [0.25, 0.3) is 0 Å². The maximum absolute atomic E-state index is 4.42. The highest BCUT2D eigenvalue weighted by molar-refractivity contribution is 7.13.